The predicted octanol–water partition coefficient (Wildman–Crippen LogP) is 0.683. The molecule has 0 saturated heterocycles. The maximum atomic E-state index is 11.0. The molecule has 0 radical (unpaired) electrons. The molecule has 0 bridgehead atoms. The van der Waals surface area contributed by atoms with E-state index in [1.165, 1.54) is 0 Å². The molecule has 2 heterocycles. The van der Waals surface area contributed by atoms with Crippen molar-refractivity contribution in [3.63, 3.8) is 0 Å². The zero-order chi connectivity index (χ0) is 9.26. The molecule has 70 valence electrons. The zero-order valence-corrected chi connectivity index (χ0v) is 7.79. The number of rotatable bonds is 2. The smallest absolute Gasteiger partial charge is 0.235 e. The van der Waals surface area contributed by atoms with Gasteiger partial charge in [0.2, 0.25) is 5.91 Å². The van der Waals surface area contributed by atoms with Gasteiger partial charge in [-0.15, -0.1) is 11.6 Å². The number of carbonyl (C=O) groups excluding carboxylic acids is 1. The van der Waals surface area contributed by atoms with Crippen LogP contribution >= 0.6 is 11.6 Å². The highest BCUT2D eigenvalue weighted by atomic mass is 35.5. The maximum absolute atomic E-state index is 11.0. The Morgan fingerprint density at radius 1 is 1.85 bits per heavy atom. The Kier molecular flexibility index (Phi) is 2.22. The van der Waals surface area contributed by atoms with E-state index in [0.717, 1.165) is 18.8 Å². The molecule has 1 atom stereocenters. The van der Waals surface area contributed by atoms with Crippen LogP contribution in [0.25, 0.3) is 0 Å². The lowest BCUT2D eigenvalue weighted by atomic mass is 10.2. The molecule has 1 aliphatic rings. The molecule has 0 aromatic carbocycles. The summed E-state index contributed by atoms with van der Waals surface area (Å²) < 4.78 is 2.04. The number of carbonyl (C=O) groups is 1. The van der Waals surface area contributed by atoms with Gasteiger partial charge in [0.25, 0.3) is 0 Å². The standard InChI is InChI=1S/C8H10ClN3O/c9-5-7(13)11-6-1-3-12-4-2-10-8(6)12/h2,4,6H,1,3,5H2,(H,11,13). The van der Waals surface area contributed by atoms with Crippen LogP contribution in [0.1, 0.15) is 18.3 Å². The highest BCUT2D eigenvalue weighted by molar-refractivity contribution is 6.27. The summed E-state index contributed by atoms with van der Waals surface area (Å²) in [6, 6.07) is 0.0428. The highest BCUT2D eigenvalue weighted by Crippen LogP contribution is 2.23. The van der Waals surface area contributed by atoms with Gasteiger partial charge in [-0.05, 0) is 6.42 Å². The Morgan fingerprint density at radius 3 is 3.46 bits per heavy atom. The molecule has 1 unspecified atom stereocenters. The Hall–Kier alpha value is -1.03. The van der Waals surface area contributed by atoms with E-state index in [4.69, 9.17) is 11.6 Å². The summed E-state index contributed by atoms with van der Waals surface area (Å²) in [6.07, 6.45) is 4.57. The fourth-order valence-electron chi connectivity index (χ4n) is 1.59. The molecule has 0 saturated carbocycles. The largest absolute Gasteiger partial charge is 0.345 e. The molecule has 1 amide bonds. The number of imidazole rings is 1. The van der Waals surface area contributed by atoms with E-state index in [0.29, 0.717) is 0 Å². The average Bonchev–Trinajstić information content (AvgIpc) is 2.69. The molecule has 2 rings (SSSR count). The van der Waals surface area contributed by atoms with Crippen molar-refractivity contribution in [2.45, 2.75) is 19.0 Å². The number of hydrogen-bond donors (Lipinski definition) is 1. The molecule has 1 aromatic rings. The van der Waals surface area contributed by atoms with Crippen LogP contribution < -0.4 is 5.32 Å². The molecule has 1 aliphatic heterocycles. The van der Waals surface area contributed by atoms with Crippen molar-refractivity contribution >= 4 is 17.5 Å². The third-order valence-corrected chi connectivity index (χ3v) is 2.42. The van der Waals surface area contributed by atoms with E-state index in [1.54, 1.807) is 6.20 Å². The SMILES string of the molecule is O=C(CCl)NC1CCn2ccnc21. The summed E-state index contributed by atoms with van der Waals surface area (Å²) in [5.74, 6) is 0.804. The second-order valence-electron chi connectivity index (χ2n) is 3.02. The third kappa shape index (κ3) is 1.54. The quantitative estimate of drug-likeness (QED) is 0.713. The number of fused-ring (bicyclic) bond motifs is 1. The van der Waals surface area contributed by atoms with Gasteiger partial charge in [0, 0.05) is 18.9 Å². The normalized spacial score (nSPS) is 19.9. The minimum atomic E-state index is -0.136. The lowest BCUT2D eigenvalue weighted by molar-refractivity contribution is -0.119. The van der Waals surface area contributed by atoms with Crippen molar-refractivity contribution in [1.82, 2.24) is 14.9 Å². The molecule has 13 heavy (non-hydrogen) atoms. The number of halogens is 1. The lowest BCUT2D eigenvalue weighted by Crippen LogP contribution is -2.28. The first kappa shape index (κ1) is 8.56. The van der Waals surface area contributed by atoms with Gasteiger partial charge in [-0.3, -0.25) is 4.79 Å². The number of aromatic nitrogens is 2. The van der Waals surface area contributed by atoms with Gasteiger partial charge in [-0.1, -0.05) is 0 Å². The van der Waals surface area contributed by atoms with Gasteiger partial charge >= 0.3 is 0 Å². The van der Waals surface area contributed by atoms with Crippen LogP contribution in [0.4, 0.5) is 0 Å². The highest BCUT2D eigenvalue weighted by Gasteiger charge is 2.24. The monoisotopic (exact) mass is 199 g/mol. The van der Waals surface area contributed by atoms with E-state index in [2.05, 4.69) is 10.3 Å². The first-order valence-electron chi connectivity index (χ1n) is 4.17. The molecule has 0 fully saturated rings. The summed E-state index contributed by atoms with van der Waals surface area (Å²) in [6.45, 7) is 0.919. The van der Waals surface area contributed by atoms with Crippen molar-refractivity contribution in [2.75, 3.05) is 5.88 Å². The number of nitrogens with one attached hydrogen (secondary N) is 1. The van der Waals surface area contributed by atoms with E-state index in [-0.39, 0.29) is 17.8 Å². The molecule has 4 nitrogen and oxygen atoms in total. The molecular weight excluding hydrogens is 190 g/mol. The number of amides is 1. The molecule has 0 aliphatic carbocycles. The van der Waals surface area contributed by atoms with Crippen LogP contribution in [-0.4, -0.2) is 21.3 Å². The van der Waals surface area contributed by atoms with Crippen molar-refractivity contribution in [3.05, 3.63) is 18.2 Å². The second-order valence-corrected chi connectivity index (χ2v) is 3.29. The van der Waals surface area contributed by atoms with E-state index in [1.807, 2.05) is 10.8 Å². The topological polar surface area (TPSA) is 46.9 Å². The molecular formula is C8H10ClN3O. The fraction of sp³-hybridized carbons (Fsp3) is 0.500. The van der Waals surface area contributed by atoms with Crippen molar-refractivity contribution in [1.29, 1.82) is 0 Å². The molecule has 1 aromatic heterocycles. The Labute approximate surface area is 80.9 Å². The summed E-state index contributed by atoms with van der Waals surface area (Å²) in [4.78, 5) is 15.2. The molecule has 0 spiro atoms. The average molecular weight is 200 g/mol. The summed E-state index contributed by atoms with van der Waals surface area (Å²) >= 11 is 5.39. The van der Waals surface area contributed by atoms with Crippen molar-refractivity contribution < 1.29 is 4.79 Å². The second kappa shape index (κ2) is 3.38. The minimum Gasteiger partial charge on any atom is -0.345 e. The summed E-state index contributed by atoms with van der Waals surface area (Å²) in [5, 5.41) is 2.82. The molecule has 5 heteroatoms. The number of hydrogen-bond acceptors (Lipinski definition) is 2. The van der Waals surface area contributed by atoms with Gasteiger partial charge in [0.05, 0.1) is 6.04 Å². The van der Waals surface area contributed by atoms with Gasteiger partial charge in [-0.25, -0.2) is 4.98 Å². The van der Waals surface area contributed by atoms with E-state index < -0.39 is 0 Å². The van der Waals surface area contributed by atoms with Crippen LogP contribution in [0.5, 0.6) is 0 Å². The minimum absolute atomic E-state index is 0.0111. The van der Waals surface area contributed by atoms with Crippen molar-refractivity contribution in [2.24, 2.45) is 0 Å². The fourth-order valence-corrected chi connectivity index (χ4v) is 1.66. The van der Waals surface area contributed by atoms with Crippen LogP contribution in [0.15, 0.2) is 12.4 Å². The summed E-state index contributed by atoms with van der Waals surface area (Å²) in [7, 11) is 0. The van der Waals surface area contributed by atoms with Crippen LogP contribution in [0, 0.1) is 0 Å². The Bertz CT molecular complexity index is 323. The Morgan fingerprint density at radius 2 is 2.69 bits per heavy atom. The Balaban J connectivity index is 2.08. The predicted molar refractivity (Wildman–Crippen MR) is 48.4 cm³/mol. The van der Waals surface area contributed by atoms with Crippen LogP contribution in [-0.2, 0) is 11.3 Å². The lowest BCUT2D eigenvalue weighted by Gasteiger charge is -2.08. The first-order valence-corrected chi connectivity index (χ1v) is 4.71. The van der Waals surface area contributed by atoms with Gasteiger partial charge in [-0.2, -0.15) is 0 Å². The van der Waals surface area contributed by atoms with Crippen molar-refractivity contribution in [3.8, 4) is 0 Å². The van der Waals surface area contributed by atoms with Gasteiger partial charge < -0.3 is 9.88 Å². The van der Waals surface area contributed by atoms with E-state index in [9.17, 15) is 4.79 Å². The number of nitrogens with zero attached hydrogens (tertiary/aromatic N) is 2. The summed E-state index contributed by atoms with van der Waals surface area (Å²) in [5.41, 5.74) is 0. The zero-order valence-electron chi connectivity index (χ0n) is 7.03. The first-order chi connectivity index (χ1) is 6.31. The number of alkyl halides is 1. The maximum Gasteiger partial charge on any atom is 0.235 e. The van der Waals surface area contributed by atoms with Gasteiger partial charge in [0.1, 0.15) is 11.7 Å². The molecule has 1 N–H and O–H groups in total. The number of aryl methyl sites for hydroxylation is 1. The van der Waals surface area contributed by atoms with Crippen LogP contribution in [0.2, 0.25) is 0 Å². The van der Waals surface area contributed by atoms with E-state index >= 15 is 0 Å². The van der Waals surface area contributed by atoms with Crippen LogP contribution in [0.3, 0.4) is 0 Å². The third-order valence-electron chi connectivity index (χ3n) is 2.17. The van der Waals surface area contributed by atoms with Gasteiger partial charge in [0.15, 0.2) is 0 Å².